The Morgan fingerprint density at radius 2 is 2.31 bits per heavy atom. The highest BCUT2D eigenvalue weighted by molar-refractivity contribution is 5.66. The topological polar surface area (TPSA) is 55.8 Å². The molecule has 0 aromatic carbocycles. The van der Waals surface area contributed by atoms with Crippen molar-refractivity contribution in [1.82, 2.24) is 0 Å². The lowest BCUT2D eigenvalue weighted by Gasteiger charge is -2.18. The molecule has 13 heavy (non-hydrogen) atoms. The Morgan fingerprint density at radius 3 is 2.77 bits per heavy atom. The first-order chi connectivity index (χ1) is 5.99. The molecule has 0 spiro atoms. The van der Waals surface area contributed by atoms with Crippen LogP contribution in [0.4, 0.5) is 0 Å². The highest BCUT2D eigenvalue weighted by atomic mass is 16.7. The van der Waals surface area contributed by atoms with Crippen LogP contribution in [0.2, 0.25) is 0 Å². The monoisotopic (exact) mass is 186 g/mol. The second-order valence-electron chi connectivity index (χ2n) is 3.45. The van der Waals surface area contributed by atoms with Crippen molar-refractivity contribution >= 4 is 5.97 Å². The summed E-state index contributed by atoms with van der Waals surface area (Å²) in [5, 5.41) is 8.40. The lowest BCUT2D eigenvalue weighted by atomic mass is 10.2. The maximum atomic E-state index is 10.2. The van der Waals surface area contributed by atoms with Crippen LogP contribution in [0.25, 0.3) is 0 Å². The number of carboxylic acid groups (broad SMARTS) is 1. The van der Waals surface area contributed by atoms with Crippen LogP contribution in [0.15, 0.2) is 12.0 Å². The third-order valence-electron chi connectivity index (χ3n) is 1.66. The summed E-state index contributed by atoms with van der Waals surface area (Å²) in [6.45, 7) is 3.63. The van der Waals surface area contributed by atoms with E-state index in [2.05, 4.69) is 0 Å². The molecule has 1 aliphatic rings. The highest BCUT2D eigenvalue weighted by Crippen LogP contribution is 2.26. The van der Waals surface area contributed by atoms with Crippen LogP contribution >= 0.6 is 0 Å². The van der Waals surface area contributed by atoms with E-state index in [9.17, 15) is 4.79 Å². The van der Waals surface area contributed by atoms with E-state index in [0.717, 1.165) is 5.76 Å². The minimum absolute atomic E-state index is 0.168. The fraction of sp³-hybridized carbons (Fsp3) is 0.667. The summed E-state index contributed by atoms with van der Waals surface area (Å²) in [7, 11) is 0. The number of carbonyl (C=O) groups is 1. The van der Waals surface area contributed by atoms with E-state index in [1.807, 2.05) is 13.8 Å². The number of ether oxygens (including phenoxy) is 2. The van der Waals surface area contributed by atoms with Crippen molar-refractivity contribution in [3.8, 4) is 0 Å². The molecule has 4 heteroatoms. The van der Waals surface area contributed by atoms with Crippen molar-refractivity contribution in [3.63, 3.8) is 0 Å². The molecule has 0 aromatic rings. The van der Waals surface area contributed by atoms with Gasteiger partial charge in [0, 0.05) is 26.7 Å². The molecule has 1 heterocycles. The number of allylic oxidation sites excluding steroid dienone is 1. The second kappa shape index (κ2) is 3.68. The van der Waals surface area contributed by atoms with E-state index in [-0.39, 0.29) is 6.42 Å². The number of hydrogen-bond acceptors (Lipinski definition) is 3. The van der Waals surface area contributed by atoms with Crippen molar-refractivity contribution in [2.45, 2.75) is 38.9 Å². The molecule has 1 rings (SSSR count). The van der Waals surface area contributed by atoms with Gasteiger partial charge >= 0.3 is 5.97 Å². The maximum Gasteiger partial charge on any atom is 0.303 e. The highest BCUT2D eigenvalue weighted by Gasteiger charge is 2.26. The molecule has 1 aliphatic heterocycles. The Morgan fingerprint density at radius 1 is 1.62 bits per heavy atom. The van der Waals surface area contributed by atoms with E-state index in [0.29, 0.717) is 12.8 Å². The molecule has 0 fully saturated rings. The zero-order valence-electron chi connectivity index (χ0n) is 7.87. The van der Waals surface area contributed by atoms with E-state index >= 15 is 0 Å². The Hall–Kier alpha value is -1.19. The molecule has 1 N–H and O–H groups in total. The fourth-order valence-corrected chi connectivity index (χ4v) is 1.10. The van der Waals surface area contributed by atoms with Gasteiger partial charge in [-0.2, -0.15) is 0 Å². The third-order valence-corrected chi connectivity index (χ3v) is 1.66. The standard InChI is InChI=1S/C9H14O4/c1-9(2)12-6-7(13-9)4-3-5-8(10)11/h6H,3-5H2,1-2H3,(H,10,11). The average Bonchev–Trinajstić information content (AvgIpc) is 2.29. The fourth-order valence-electron chi connectivity index (χ4n) is 1.10. The van der Waals surface area contributed by atoms with Gasteiger partial charge in [-0.3, -0.25) is 4.79 Å². The van der Waals surface area contributed by atoms with E-state index in [1.54, 1.807) is 6.26 Å². The Kier molecular flexibility index (Phi) is 2.80. The summed E-state index contributed by atoms with van der Waals surface area (Å²) in [6.07, 6.45) is 2.93. The van der Waals surface area contributed by atoms with E-state index < -0.39 is 11.8 Å². The van der Waals surface area contributed by atoms with Crippen LogP contribution in [0.5, 0.6) is 0 Å². The van der Waals surface area contributed by atoms with Crippen molar-refractivity contribution < 1.29 is 19.4 Å². The smallest absolute Gasteiger partial charge is 0.303 e. The third kappa shape index (κ3) is 3.36. The number of carboxylic acids is 1. The van der Waals surface area contributed by atoms with Gasteiger partial charge in [0.15, 0.2) is 0 Å². The Balaban J connectivity index is 2.21. The van der Waals surface area contributed by atoms with Gasteiger partial charge in [-0.1, -0.05) is 0 Å². The number of hydrogen-bond donors (Lipinski definition) is 1. The minimum Gasteiger partial charge on any atom is -0.481 e. The van der Waals surface area contributed by atoms with Crippen LogP contribution in [-0.4, -0.2) is 16.9 Å². The number of aliphatic carboxylic acids is 1. The molecular formula is C9H14O4. The van der Waals surface area contributed by atoms with Crippen molar-refractivity contribution in [2.24, 2.45) is 0 Å². The zero-order chi connectivity index (χ0) is 9.90. The molecule has 0 saturated heterocycles. The number of rotatable bonds is 4. The molecule has 0 saturated carbocycles. The van der Waals surface area contributed by atoms with Gasteiger partial charge in [0.05, 0.1) is 0 Å². The van der Waals surface area contributed by atoms with E-state index in [1.165, 1.54) is 0 Å². The predicted octanol–water partition coefficient (Wildman–Crippen LogP) is 1.87. The lowest BCUT2D eigenvalue weighted by molar-refractivity contribution is -0.137. The van der Waals surface area contributed by atoms with Gasteiger partial charge in [0.1, 0.15) is 12.0 Å². The second-order valence-corrected chi connectivity index (χ2v) is 3.45. The minimum atomic E-state index is -0.779. The molecule has 0 aromatic heterocycles. The SMILES string of the molecule is CC1(C)OC=C(CCCC(=O)O)O1. The van der Waals surface area contributed by atoms with Crippen molar-refractivity contribution in [1.29, 1.82) is 0 Å². The zero-order valence-corrected chi connectivity index (χ0v) is 7.87. The summed E-state index contributed by atoms with van der Waals surface area (Å²) in [5.74, 6) is -0.636. The molecule has 4 nitrogen and oxygen atoms in total. The molecule has 0 radical (unpaired) electrons. The molecule has 0 bridgehead atoms. The van der Waals surface area contributed by atoms with Gasteiger partial charge in [-0.05, 0) is 6.42 Å². The van der Waals surface area contributed by atoms with Gasteiger partial charge in [-0.25, -0.2) is 0 Å². The molecule has 0 unspecified atom stereocenters. The van der Waals surface area contributed by atoms with Gasteiger partial charge < -0.3 is 14.6 Å². The van der Waals surface area contributed by atoms with Gasteiger partial charge in [-0.15, -0.1) is 0 Å². The summed E-state index contributed by atoms with van der Waals surface area (Å²) in [6, 6.07) is 0. The van der Waals surface area contributed by atoms with Crippen molar-refractivity contribution in [2.75, 3.05) is 0 Å². The van der Waals surface area contributed by atoms with E-state index in [4.69, 9.17) is 14.6 Å². The quantitative estimate of drug-likeness (QED) is 0.728. The molecule has 0 atom stereocenters. The average molecular weight is 186 g/mol. The molecular weight excluding hydrogens is 172 g/mol. The summed E-state index contributed by atoms with van der Waals surface area (Å²) >= 11 is 0. The molecule has 74 valence electrons. The summed E-state index contributed by atoms with van der Waals surface area (Å²) < 4.78 is 10.6. The first-order valence-electron chi connectivity index (χ1n) is 4.27. The first kappa shape index (κ1) is 9.89. The van der Waals surface area contributed by atoms with Crippen LogP contribution < -0.4 is 0 Å². The van der Waals surface area contributed by atoms with Gasteiger partial charge in [0.25, 0.3) is 0 Å². The van der Waals surface area contributed by atoms with Crippen LogP contribution in [0, 0.1) is 0 Å². The molecule has 0 aliphatic carbocycles. The normalized spacial score (nSPS) is 18.8. The van der Waals surface area contributed by atoms with Crippen molar-refractivity contribution in [3.05, 3.63) is 12.0 Å². The summed E-state index contributed by atoms with van der Waals surface area (Å²) in [4.78, 5) is 10.2. The predicted molar refractivity (Wildman–Crippen MR) is 45.8 cm³/mol. The maximum absolute atomic E-state index is 10.2. The first-order valence-corrected chi connectivity index (χ1v) is 4.27. The Labute approximate surface area is 77.1 Å². The Bertz CT molecular complexity index is 230. The van der Waals surface area contributed by atoms with Crippen LogP contribution in [-0.2, 0) is 14.3 Å². The summed E-state index contributed by atoms with van der Waals surface area (Å²) in [5.41, 5.74) is 0. The largest absolute Gasteiger partial charge is 0.481 e. The van der Waals surface area contributed by atoms with Crippen LogP contribution in [0.3, 0.4) is 0 Å². The molecule has 0 amide bonds. The lowest BCUT2D eigenvalue weighted by Crippen LogP contribution is -2.20. The van der Waals surface area contributed by atoms with Crippen LogP contribution in [0.1, 0.15) is 33.1 Å². The van der Waals surface area contributed by atoms with Gasteiger partial charge in [0.2, 0.25) is 5.79 Å².